The van der Waals surface area contributed by atoms with E-state index in [1.807, 2.05) is 36.4 Å². The number of para-hydroxylation sites is 10. The van der Waals surface area contributed by atoms with Crippen LogP contribution in [-0.2, 0) is 0 Å². The van der Waals surface area contributed by atoms with Gasteiger partial charge in [0.2, 0.25) is 5.95 Å². The SMILES string of the molecule is c1ccc(-c2nc(-n3c4ccc5oc6ccccc6c5c4c4ccc5c(c6ccccc6n5-c5ccccc5)c43)nc3ccccc23)cc1.c1ccc(-n2c3ccc4oc5ccccc5c4c3c3ccc4c(c5ccccc5n4-c4cc5ccccc5c5ccccc45)c32)cc1.c1ccc(-n2c3ccccc3c3c2ccc2c4c5c(ccc4n(-c4cc6ccccc6c6ccccc46)c23)oc2ccccc25)cc1. The van der Waals surface area contributed by atoms with Gasteiger partial charge in [0.1, 0.15) is 33.5 Å². The van der Waals surface area contributed by atoms with Gasteiger partial charge in [-0.15, -0.1) is 0 Å². The maximum atomic E-state index is 6.46. The van der Waals surface area contributed by atoms with E-state index < -0.39 is 0 Å². The molecule has 10 aromatic heterocycles. The maximum absolute atomic E-state index is 6.46. The third-order valence-electron chi connectivity index (χ3n) is 30.1. The van der Waals surface area contributed by atoms with Gasteiger partial charge in [0.15, 0.2) is 0 Å². The van der Waals surface area contributed by atoms with Crippen LogP contribution in [-0.4, -0.2) is 37.4 Å². The lowest BCUT2D eigenvalue weighted by Gasteiger charge is -2.15. The molecule has 0 spiro atoms. The molecule has 23 aromatic carbocycles. The van der Waals surface area contributed by atoms with Gasteiger partial charge in [-0.2, -0.15) is 0 Å². The Morgan fingerprint density at radius 1 is 0.161 bits per heavy atom. The van der Waals surface area contributed by atoms with Crippen molar-refractivity contribution in [2.45, 2.75) is 0 Å². The number of hydrogen-bond acceptors (Lipinski definition) is 5. The largest absolute Gasteiger partial charge is 0.456 e. The van der Waals surface area contributed by atoms with Crippen molar-refractivity contribution in [2.75, 3.05) is 0 Å². The zero-order chi connectivity index (χ0) is 93.3. The fourth-order valence-corrected chi connectivity index (χ4v) is 24.3. The van der Waals surface area contributed by atoms with Crippen molar-refractivity contribution in [3.05, 3.63) is 473 Å². The highest BCUT2D eigenvalue weighted by Gasteiger charge is 2.31. The molecule has 0 bridgehead atoms. The first-order valence-electron chi connectivity index (χ1n) is 48.8. The van der Waals surface area contributed by atoms with Crippen molar-refractivity contribution in [2.24, 2.45) is 0 Å². The lowest BCUT2D eigenvalue weighted by molar-refractivity contribution is 0.669. The number of rotatable bonds is 7. The molecule has 0 fully saturated rings. The van der Waals surface area contributed by atoms with Crippen LogP contribution in [0, 0.1) is 0 Å². The lowest BCUT2D eigenvalue weighted by atomic mass is 10.00. The lowest BCUT2D eigenvalue weighted by Crippen LogP contribution is -2.03. The summed E-state index contributed by atoms with van der Waals surface area (Å²) in [6, 6.07) is 169. The minimum Gasteiger partial charge on any atom is -0.456 e. The highest BCUT2D eigenvalue weighted by atomic mass is 16.3. The summed E-state index contributed by atoms with van der Waals surface area (Å²) in [5.41, 5.74) is 27.9. The summed E-state index contributed by atoms with van der Waals surface area (Å²) >= 11 is 0. The van der Waals surface area contributed by atoms with E-state index in [1.165, 1.54) is 152 Å². The van der Waals surface area contributed by atoms with Crippen LogP contribution < -0.4 is 0 Å². The Bertz CT molecular complexity index is 11200. The summed E-state index contributed by atoms with van der Waals surface area (Å²) in [6.45, 7) is 0. The van der Waals surface area contributed by atoms with Gasteiger partial charge in [-0.05, 0) is 178 Å². The number of furan rings is 3. The van der Waals surface area contributed by atoms with Crippen LogP contribution in [0.1, 0.15) is 0 Å². The summed E-state index contributed by atoms with van der Waals surface area (Å²) in [4.78, 5) is 10.7. The second kappa shape index (κ2) is 30.6. The van der Waals surface area contributed by atoms with Gasteiger partial charge in [0.05, 0.1) is 88.8 Å². The number of nitrogens with zero attached hydrogens (tertiary/aromatic N) is 8. The van der Waals surface area contributed by atoms with Gasteiger partial charge < -0.3 is 36.1 Å². The van der Waals surface area contributed by atoms with Crippen LogP contribution in [0.25, 0.3) is 296 Å². The zero-order valence-electron chi connectivity index (χ0n) is 76.8. The molecule has 10 heterocycles. The fraction of sp³-hybridized carbons (Fsp3) is 0. The predicted molar refractivity (Wildman–Crippen MR) is 596 cm³/mol. The van der Waals surface area contributed by atoms with Crippen LogP contribution in [0.5, 0.6) is 0 Å². The van der Waals surface area contributed by atoms with Gasteiger partial charge in [-0.3, -0.25) is 4.57 Å². The molecular formula is C132H78N8O3. The van der Waals surface area contributed by atoms with Crippen molar-refractivity contribution in [3.63, 3.8) is 0 Å². The molecule has 0 saturated carbocycles. The third kappa shape index (κ3) is 11.4. The highest BCUT2D eigenvalue weighted by molar-refractivity contribution is 6.37. The van der Waals surface area contributed by atoms with E-state index in [0.717, 1.165) is 138 Å². The quantitative estimate of drug-likeness (QED) is 0.148. The van der Waals surface area contributed by atoms with E-state index in [1.54, 1.807) is 0 Å². The molecule has 664 valence electrons. The van der Waals surface area contributed by atoms with Crippen molar-refractivity contribution in [1.82, 2.24) is 37.4 Å². The first kappa shape index (κ1) is 78.8. The van der Waals surface area contributed by atoms with Crippen molar-refractivity contribution < 1.29 is 13.3 Å². The molecule has 33 rings (SSSR count). The first-order chi connectivity index (χ1) is 71.0. The fourth-order valence-electron chi connectivity index (χ4n) is 24.3. The Hall–Kier alpha value is -19.4. The Morgan fingerprint density at radius 3 is 0.909 bits per heavy atom. The zero-order valence-corrected chi connectivity index (χ0v) is 76.8. The normalized spacial score (nSPS) is 12.2. The predicted octanol–water partition coefficient (Wildman–Crippen LogP) is 35.6. The van der Waals surface area contributed by atoms with E-state index in [0.29, 0.717) is 5.95 Å². The Labute approximate surface area is 814 Å². The van der Waals surface area contributed by atoms with Crippen LogP contribution in [0.2, 0.25) is 0 Å². The summed E-state index contributed by atoms with van der Waals surface area (Å²) in [5.74, 6) is 0.633. The van der Waals surface area contributed by atoms with Gasteiger partial charge >= 0.3 is 0 Å². The molecule has 11 nitrogen and oxygen atoms in total. The first-order valence-corrected chi connectivity index (χ1v) is 48.8. The summed E-state index contributed by atoms with van der Waals surface area (Å²) < 4.78 is 33.8. The molecule has 11 heteroatoms. The van der Waals surface area contributed by atoms with E-state index in [2.05, 4.69) is 464 Å². The molecule has 0 atom stereocenters. The number of aromatic nitrogens is 8. The third-order valence-corrected chi connectivity index (χ3v) is 30.1. The molecule has 0 aliphatic rings. The Kier molecular flexibility index (Phi) is 16.8. The molecule has 0 radical (unpaired) electrons. The second-order valence-corrected chi connectivity index (χ2v) is 37.5. The van der Waals surface area contributed by atoms with Gasteiger partial charge in [0, 0.05) is 136 Å². The summed E-state index contributed by atoms with van der Waals surface area (Å²) in [5, 5.41) is 32.3. The average Bonchev–Trinajstić information content (AvgIpc) is 1.55. The molecule has 0 aliphatic carbocycles. The molecule has 0 N–H and O–H groups in total. The number of benzene rings is 23. The van der Waals surface area contributed by atoms with Gasteiger partial charge in [-0.1, -0.05) is 328 Å². The van der Waals surface area contributed by atoms with E-state index in [-0.39, 0.29) is 0 Å². The minimum absolute atomic E-state index is 0.633. The Balaban J connectivity index is 0.0000000981. The van der Waals surface area contributed by atoms with Gasteiger partial charge in [0.25, 0.3) is 0 Å². The van der Waals surface area contributed by atoms with Crippen molar-refractivity contribution in [1.29, 1.82) is 0 Å². The van der Waals surface area contributed by atoms with Crippen LogP contribution >= 0.6 is 0 Å². The Morgan fingerprint density at radius 2 is 0.462 bits per heavy atom. The van der Waals surface area contributed by atoms with Crippen molar-refractivity contribution >= 4 is 251 Å². The minimum atomic E-state index is 0.633. The van der Waals surface area contributed by atoms with Crippen molar-refractivity contribution in [3.8, 4) is 45.6 Å². The molecule has 0 amide bonds. The second-order valence-electron chi connectivity index (χ2n) is 37.5. The monoisotopic (exact) mass is 1820 g/mol. The average molecular weight is 1820 g/mol. The molecule has 0 saturated heterocycles. The topological polar surface area (TPSA) is 94.8 Å². The molecule has 0 aliphatic heterocycles. The smallest absolute Gasteiger partial charge is 0.235 e. The number of fused-ring (bicyclic) bond motifs is 40. The van der Waals surface area contributed by atoms with E-state index >= 15 is 0 Å². The summed E-state index contributed by atoms with van der Waals surface area (Å²) in [6.07, 6.45) is 0. The van der Waals surface area contributed by atoms with Gasteiger partial charge in [-0.25, -0.2) is 9.97 Å². The van der Waals surface area contributed by atoms with Crippen LogP contribution in [0.15, 0.2) is 486 Å². The number of hydrogen-bond donors (Lipinski definition) is 0. The maximum Gasteiger partial charge on any atom is 0.235 e. The van der Waals surface area contributed by atoms with E-state index in [9.17, 15) is 0 Å². The molecular weight excluding hydrogens is 1750 g/mol. The molecule has 33 aromatic rings. The molecule has 0 unspecified atom stereocenters. The summed E-state index contributed by atoms with van der Waals surface area (Å²) in [7, 11) is 0. The standard InChI is InChI=1S/C44H26N4O.2C44H26N2O/c1-3-13-27(14-4-1)42-29-17-7-10-20-33(29)45-44(46-42)48-35-25-26-38-41(31-19-9-12-22-37(31)49-38)39(35)32-23-24-36-40(43(32)48)30-18-8-11-21-34(30)47(36)28-15-5-2-6-16-28;1-2-13-28(14-3-1)45-36-24-25-40-43(33-19-9-11-21-39(33)47-40)41(36)34-22-23-37-42(44(34)45)32-18-8-10-20-35(32)46(37)38-26-27-12-4-5-15-29(27)30-16-6-7-17-31(30)38;1-2-13-28(14-3-1)45-35-20-10-8-18-32(35)42-37(45)23-22-34-41-36(24-25-40-43(41)33-19-9-11-21-39(33)47-40)46(44(34)42)38-26-27-12-4-5-15-29(27)30-16-6-7-17-31(30)38/h1-26H;2*1-26H. The van der Waals surface area contributed by atoms with Crippen LogP contribution in [0.4, 0.5) is 0 Å². The van der Waals surface area contributed by atoms with Crippen LogP contribution in [0.3, 0.4) is 0 Å². The highest BCUT2D eigenvalue weighted by Crippen LogP contribution is 2.53. The molecule has 143 heavy (non-hydrogen) atoms. The van der Waals surface area contributed by atoms with E-state index in [4.69, 9.17) is 23.2 Å².